The highest BCUT2D eigenvalue weighted by molar-refractivity contribution is 9.11. The Morgan fingerprint density at radius 2 is 2.06 bits per heavy atom. The predicted octanol–water partition coefficient (Wildman–Crippen LogP) is 3.94. The molecule has 88 valence electrons. The Hall–Kier alpha value is 0.390. The zero-order chi connectivity index (χ0) is 11.8. The van der Waals surface area contributed by atoms with Gasteiger partial charge in [0.2, 0.25) is 0 Å². The maximum absolute atomic E-state index is 11.9. The Bertz CT molecular complexity index is 446. The molecule has 2 rings (SSSR count). The summed E-state index contributed by atoms with van der Waals surface area (Å²) in [5.41, 5.74) is 0.333. The summed E-state index contributed by atoms with van der Waals surface area (Å²) in [4.78, 5) is 11.9. The average Bonchev–Trinajstić information content (AvgIpc) is 2.18. The van der Waals surface area contributed by atoms with Gasteiger partial charge in [0.1, 0.15) is 0 Å². The van der Waals surface area contributed by atoms with Crippen molar-refractivity contribution >= 4 is 47.8 Å². The Labute approximate surface area is 120 Å². The van der Waals surface area contributed by atoms with Crippen molar-refractivity contribution in [2.75, 3.05) is 5.33 Å². The SMILES string of the molecule is O=c1c(Br)cc(Br)cn1CC1(CBr)CCC1. The second kappa shape index (κ2) is 4.94. The number of aromatic nitrogens is 1. The third kappa shape index (κ3) is 2.46. The van der Waals surface area contributed by atoms with E-state index in [1.165, 1.54) is 19.3 Å². The second-order valence-electron chi connectivity index (χ2n) is 4.43. The number of alkyl halides is 1. The van der Waals surface area contributed by atoms with Crippen molar-refractivity contribution in [2.24, 2.45) is 5.41 Å². The van der Waals surface area contributed by atoms with Gasteiger partial charge in [-0.2, -0.15) is 0 Å². The minimum atomic E-state index is 0.0513. The van der Waals surface area contributed by atoms with Crippen LogP contribution in [0.4, 0.5) is 0 Å². The van der Waals surface area contributed by atoms with Crippen molar-refractivity contribution in [1.82, 2.24) is 4.57 Å². The van der Waals surface area contributed by atoms with Crippen LogP contribution in [0.25, 0.3) is 0 Å². The minimum absolute atomic E-state index is 0.0513. The standard InChI is InChI=1S/C11H12Br3NO/c12-6-11(2-1-3-11)7-15-5-8(13)4-9(14)10(15)16/h4-5H,1-3,6-7H2. The molecule has 16 heavy (non-hydrogen) atoms. The summed E-state index contributed by atoms with van der Waals surface area (Å²) in [7, 11) is 0. The molecule has 0 radical (unpaired) electrons. The van der Waals surface area contributed by atoms with E-state index < -0.39 is 0 Å². The van der Waals surface area contributed by atoms with Crippen LogP contribution >= 0.6 is 47.8 Å². The molecule has 0 unspecified atom stereocenters. The zero-order valence-electron chi connectivity index (χ0n) is 8.68. The number of pyridine rings is 1. The highest BCUT2D eigenvalue weighted by Crippen LogP contribution is 2.43. The minimum Gasteiger partial charge on any atom is -0.313 e. The monoisotopic (exact) mass is 411 g/mol. The van der Waals surface area contributed by atoms with Crippen LogP contribution < -0.4 is 5.56 Å². The van der Waals surface area contributed by atoms with E-state index in [2.05, 4.69) is 47.8 Å². The molecule has 1 aromatic rings. The molecule has 0 aliphatic heterocycles. The van der Waals surface area contributed by atoms with Crippen molar-refractivity contribution in [1.29, 1.82) is 0 Å². The largest absolute Gasteiger partial charge is 0.313 e. The van der Waals surface area contributed by atoms with Gasteiger partial charge in [0.15, 0.2) is 0 Å². The fourth-order valence-electron chi connectivity index (χ4n) is 2.05. The van der Waals surface area contributed by atoms with E-state index in [4.69, 9.17) is 0 Å². The summed E-state index contributed by atoms with van der Waals surface area (Å²) < 4.78 is 3.35. The summed E-state index contributed by atoms with van der Waals surface area (Å²) in [6.07, 6.45) is 5.55. The van der Waals surface area contributed by atoms with E-state index in [0.29, 0.717) is 4.47 Å². The van der Waals surface area contributed by atoms with Crippen molar-refractivity contribution in [3.05, 3.63) is 31.6 Å². The lowest BCUT2D eigenvalue weighted by molar-refractivity contribution is 0.138. The summed E-state index contributed by atoms with van der Waals surface area (Å²) in [6.45, 7) is 0.801. The highest BCUT2D eigenvalue weighted by Gasteiger charge is 2.36. The first-order chi connectivity index (χ1) is 7.56. The number of halogens is 3. The van der Waals surface area contributed by atoms with Gasteiger partial charge in [-0.1, -0.05) is 22.4 Å². The predicted molar refractivity (Wildman–Crippen MR) is 76.2 cm³/mol. The molecule has 1 aromatic heterocycles. The quantitative estimate of drug-likeness (QED) is 0.688. The summed E-state index contributed by atoms with van der Waals surface area (Å²) in [6, 6.07) is 1.79. The first-order valence-corrected chi connectivity index (χ1v) is 7.89. The van der Waals surface area contributed by atoms with Crippen molar-refractivity contribution < 1.29 is 0 Å². The van der Waals surface area contributed by atoms with Crippen molar-refractivity contribution in [3.8, 4) is 0 Å². The summed E-state index contributed by atoms with van der Waals surface area (Å²) >= 11 is 10.3. The van der Waals surface area contributed by atoms with Gasteiger partial charge in [-0.3, -0.25) is 4.79 Å². The van der Waals surface area contributed by atoms with Crippen LogP contribution in [0.3, 0.4) is 0 Å². The molecule has 2 nitrogen and oxygen atoms in total. The molecule has 1 aliphatic rings. The molecule has 1 heterocycles. The van der Waals surface area contributed by atoms with Crippen LogP contribution in [0.5, 0.6) is 0 Å². The van der Waals surface area contributed by atoms with Gasteiger partial charge in [-0.15, -0.1) is 0 Å². The Morgan fingerprint density at radius 1 is 1.38 bits per heavy atom. The summed E-state index contributed by atoms with van der Waals surface area (Å²) in [5.74, 6) is 0. The topological polar surface area (TPSA) is 22.0 Å². The third-order valence-corrected chi connectivity index (χ3v) is 5.40. The van der Waals surface area contributed by atoms with Gasteiger partial charge in [0.05, 0.1) is 4.47 Å². The lowest BCUT2D eigenvalue weighted by atomic mass is 9.70. The number of hydrogen-bond donors (Lipinski definition) is 0. The smallest absolute Gasteiger partial charge is 0.264 e. The average molecular weight is 414 g/mol. The van der Waals surface area contributed by atoms with Crippen LogP contribution in [-0.2, 0) is 6.54 Å². The van der Waals surface area contributed by atoms with Gasteiger partial charge in [0.25, 0.3) is 5.56 Å². The van der Waals surface area contributed by atoms with E-state index in [-0.39, 0.29) is 11.0 Å². The second-order valence-corrected chi connectivity index (χ2v) is 6.76. The molecular weight excluding hydrogens is 402 g/mol. The van der Waals surface area contributed by atoms with E-state index >= 15 is 0 Å². The molecule has 1 aliphatic carbocycles. The highest BCUT2D eigenvalue weighted by atomic mass is 79.9. The van der Waals surface area contributed by atoms with E-state index in [9.17, 15) is 4.79 Å². The molecule has 0 atom stereocenters. The maximum atomic E-state index is 11.9. The molecule has 0 bridgehead atoms. The molecule has 0 N–H and O–H groups in total. The normalized spacial score (nSPS) is 18.2. The van der Waals surface area contributed by atoms with Gasteiger partial charge < -0.3 is 4.57 Å². The first-order valence-electron chi connectivity index (χ1n) is 5.18. The molecule has 0 saturated heterocycles. The van der Waals surface area contributed by atoms with E-state index in [0.717, 1.165) is 16.3 Å². The van der Waals surface area contributed by atoms with Crippen LogP contribution in [-0.4, -0.2) is 9.90 Å². The van der Waals surface area contributed by atoms with Crippen molar-refractivity contribution in [2.45, 2.75) is 25.8 Å². The Kier molecular flexibility index (Phi) is 3.97. The fourth-order valence-corrected chi connectivity index (χ4v) is 4.05. The lowest BCUT2D eigenvalue weighted by Crippen LogP contribution is -2.39. The summed E-state index contributed by atoms with van der Waals surface area (Å²) in [5, 5.41) is 0.969. The molecule has 0 aromatic carbocycles. The molecule has 5 heteroatoms. The van der Waals surface area contributed by atoms with E-state index in [1.807, 2.05) is 6.20 Å². The maximum Gasteiger partial charge on any atom is 0.264 e. The fraction of sp³-hybridized carbons (Fsp3) is 0.545. The zero-order valence-corrected chi connectivity index (χ0v) is 13.4. The number of rotatable bonds is 3. The molecule has 0 amide bonds. The van der Waals surface area contributed by atoms with Crippen LogP contribution in [0.1, 0.15) is 19.3 Å². The number of nitrogens with zero attached hydrogens (tertiary/aromatic N) is 1. The van der Waals surface area contributed by atoms with Gasteiger partial charge in [0, 0.05) is 22.5 Å². The molecule has 1 saturated carbocycles. The lowest BCUT2D eigenvalue weighted by Gasteiger charge is -2.40. The number of hydrogen-bond acceptors (Lipinski definition) is 1. The molecule has 1 fully saturated rings. The van der Waals surface area contributed by atoms with Gasteiger partial charge in [-0.25, -0.2) is 0 Å². The van der Waals surface area contributed by atoms with Crippen LogP contribution in [0.15, 0.2) is 26.0 Å². The van der Waals surface area contributed by atoms with Gasteiger partial charge >= 0.3 is 0 Å². The first kappa shape index (κ1) is 12.8. The Morgan fingerprint density at radius 3 is 2.56 bits per heavy atom. The van der Waals surface area contributed by atoms with Crippen LogP contribution in [0.2, 0.25) is 0 Å². The van der Waals surface area contributed by atoms with Gasteiger partial charge in [-0.05, 0) is 56.2 Å². The molecule has 0 spiro atoms. The molecular formula is C11H12Br3NO. The van der Waals surface area contributed by atoms with Crippen LogP contribution in [0, 0.1) is 5.41 Å². The third-order valence-electron chi connectivity index (χ3n) is 3.21. The van der Waals surface area contributed by atoms with E-state index in [1.54, 1.807) is 10.6 Å². The Balaban J connectivity index is 2.31. The van der Waals surface area contributed by atoms with Crippen molar-refractivity contribution in [3.63, 3.8) is 0 Å².